The Hall–Kier alpha value is -2.20. The van der Waals surface area contributed by atoms with Crippen LogP contribution in [0.4, 0.5) is 4.39 Å². The van der Waals surface area contributed by atoms with Gasteiger partial charge in [0.05, 0.1) is 30.9 Å². The molecule has 29 heavy (non-hydrogen) atoms. The fourth-order valence-electron chi connectivity index (χ4n) is 2.82. The molecule has 0 bridgehead atoms. The number of rotatable bonds is 6. The number of esters is 1. The summed E-state index contributed by atoms with van der Waals surface area (Å²) in [7, 11) is -2.56. The highest BCUT2D eigenvalue weighted by atomic mass is 35.5. The number of halogens is 2. The van der Waals surface area contributed by atoms with Gasteiger partial charge in [-0.05, 0) is 30.3 Å². The van der Waals surface area contributed by atoms with Gasteiger partial charge in [-0.15, -0.1) is 0 Å². The molecular weight excluding hydrogens is 425 g/mol. The van der Waals surface area contributed by atoms with Gasteiger partial charge in [0, 0.05) is 18.7 Å². The fraction of sp³-hybridized carbons (Fsp3) is 0.316. The van der Waals surface area contributed by atoms with E-state index in [4.69, 9.17) is 25.8 Å². The lowest BCUT2D eigenvalue weighted by atomic mass is 10.2. The first kappa shape index (κ1) is 21.5. The quantitative estimate of drug-likeness (QED) is 0.638. The van der Waals surface area contributed by atoms with Crippen LogP contribution in [0.25, 0.3) is 0 Å². The van der Waals surface area contributed by atoms with Gasteiger partial charge >= 0.3 is 5.97 Å². The number of benzene rings is 2. The standard InChI is InChI=1S/C19H19ClFNO6S/c1-26-17-6-5-13(11-18(17)29(24,25)22-7-9-27-10-8-22)19(23)28-12-14-15(20)3-2-4-16(14)21/h2-6,11H,7-10,12H2,1H3. The van der Waals surface area contributed by atoms with Crippen LogP contribution < -0.4 is 4.74 Å². The van der Waals surface area contributed by atoms with Crippen LogP contribution in [0.5, 0.6) is 5.75 Å². The van der Waals surface area contributed by atoms with E-state index in [1.54, 1.807) is 0 Å². The number of nitrogens with zero attached hydrogens (tertiary/aromatic N) is 1. The summed E-state index contributed by atoms with van der Waals surface area (Å²) >= 11 is 5.93. The van der Waals surface area contributed by atoms with Crippen molar-refractivity contribution in [2.75, 3.05) is 33.4 Å². The number of methoxy groups -OCH3 is 1. The second kappa shape index (κ2) is 9.08. The highest BCUT2D eigenvalue weighted by molar-refractivity contribution is 7.89. The van der Waals surface area contributed by atoms with Gasteiger partial charge in [-0.2, -0.15) is 4.31 Å². The molecule has 2 aromatic rings. The summed E-state index contributed by atoms with van der Waals surface area (Å²) in [6.45, 7) is 0.582. The normalized spacial score (nSPS) is 15.1. The van der Waals surface area contributed by atoms with E-state index in [0.29, 0.717) is 0 Å². The minimum Gasteiger partial charge on any atom is -0.495 e. The molecule has 10 heteroatoms. The van der Waals surface area contributed by atoms with E-state index < -0.39 is 21.8 Å². The first-order chi connectivity index (χ1) is 13.8. The van der Waals surface area contributed by atoms with Crippen LogP contribution in [0.2, 0.25) is 5.02 Å². The molecule has 2 aromatic carbocycles. The third kappa shape index (κ3) is 4.69. The van der Waals surface area contributed by atoms with Gasteiger partial charge < -0.3 is 14.2 Å². The van der Waals surface area contributed by atoms with Crippen molar-refractivity contribution in [1.82, 2.24) is 4.31 Å². The van der Waals surface area contributed by atoms with E-state index in [1.807, 2.05) is 0 Å². The van der Waals surface area contributed by atoms with Gasteiger partial charge in [0.1, 0.15) is 23.1 Å². The monoisotopic (exact) mass is 443 g/mol. The third-order valence-electron chi connectivity index (χ3n) is 4.40. The van der Waals surface area contributed by atoms with Gasteiger partial charge in [0.15, 0.2) is 0 Å². The highest BCUT2D eigenvalue weighted by Crippen LogP contribution is 2.29. The van der Waals surface area contributed by atoms with Crippen molar-refractivity contribution < 1.29 is 31.8 Å². The van der Waals surface area contributed by atoms with Crippen LogP contribution in [-0.2, 0) is 26.1 Å². The minimum atomic E-state index is -3.90. The van der Waals surface area contributed by atoms with Gasteiger partial charge in [-0.1, -0.05) is 17.7 Å². The Morgan fingerprint density at radius 3 is 2.62 bits per heavy atom. The Bertz CT molecular complexity index is 988. The van der Waals surface area contributed by atoms with Crippen LogP contribution >= 0.6 is 11.6 Å². The molecular formula is C19H19ClFNO6S. The summed E-state index contributed by atoms with van der Waals surface area (Å²) in [6.07, 6.45) is 0. The number of carbonyl (C=O) groups is 1. The molecule has 0 saturated carbocycles. The average Bonchev–Trinajstić information content (AvgIpc) is 2.73. The van der Waals surface area contributed by atoms with Gasteiger partial charge in [0.25, 0.3) is 0 Å². The Balaban J connectivity index is 1.85. The Morgan fingerprint density at radius 2 is 1.97 bits per heavy atom. The van der Waals surface area contributed by atoms with Gasteiger partial charge in [-0.3, -0.25) is 0 Å². The molecule has 156 valence electrons. The van der Waals surface area contributed by atoms with Crippen LogP contribution in [-0.4, -0.2) is 52.1 Å². The molecule has 0 atom stereocenters. The summed E-state index contributed by atoms with van der Waals surface area (Å²) in [6, 6.07) is 8.07. The predicted molar refractivity (Wildman–Crippen MR) is 103 cm³/mol. The zero-order chi connectivity index (χ0) is 21.0. The predicted octanol–water partition coefficient (Wildman–Crippen LogP) is 2.87. The Kier molecular flexibility index (Phi) is 6.74. The molecule has 0 N–H and O–H groups in total. The lowest BCUT2D eigenvalue weighted by molar-refractivity contribution is 0.0468. The van der Waals surface area contributed by atoms with Crippen LogP contribution in [0.1, 0.15) is 15.9 Å². The number of sulfonamides is 1. The van der Waals surface area contributed by atoms with E-state index in [0.717, 1.165) is 0 Å². The lowest BCUT2D eigenvalue weighted by Crippen LogP contribution is -2.40. The molecule has 0 radical (unpaired) electrons. The van der Waals surface area contributed by atoms with Crippen molar-refractivity contribution in [3.05, 3.63) is 58.4 Å². The van der Waals surface area contributed by atoms with Crippen molar-refractivity contribution in [2.45, 2.75) is 11.5 Å². The highest BCUT2D eigenvalue weighted by Gasteiger charge is 2.30. The molecule has 0 spiro atoms. The molecule has 1 aliphatic rings. The van der Waals surface area contributed by atoms with E-state index in [1.165, 1.54) is 47.8 Å². The second-order valence-electron chi connectivity index (χ2n) is 6.16. The van der Waals surface area contributed by atoms with Crippen LogP contribution in [0.15, 0.2) is 41.3 Å². The molecule has 1 fully saturated rings. The molecule has 1 saturated heterocycles. The minimum absolute atomic E-state index is 0.00917. The molecule has 0 aromatic heterocycles. The Labute approximate surface area is 173 Å². The van der Waals surface area contributed by atoms with Crippen molar-refractivity contribution >= 4 is 27.6 Å². The maximum atomic E-state index is 13.8. The summed E-state index contributed by atoms with van der Waals surface area (Å²) in [5.41, 5.74) is 0.0299. The summed E-state index contributed by atoms with van der Waals surface area (Å²) in [4.78, 5) is 12.3. The van der Waals surface area contributed by atoms with E-state index >= 15 is 0 Å². The SMILES string of the molecule is COc1ccc(C(=O)OCc2c(F)cccc2Cl)cc1S(=O)(=O)N1CCOCC1. The van der Waals surface area contributed by atoms with Crippen molar-refractivity contribution in [3.8, 4) is 5.75 Å². The fourth-order valence-corrected chi connectivity index (χ4v) is 4.63. The van der Waals surface area contributed by atoms with Gasteiger partial charge in [-0.25, -0.2) is 17.6 Å². The largest absolute Gasteiger partial charge is 0.495 e. The molecule has 0 aliphatic carbocycles. The number of hydrogen-bond acceptors (Lipinski definition) is 6. The average molecular weight is 444 g/mol. The first-order valence-corrected chi connectivity index (χ1v) is 10.5. The smallest absolute Gasteiger partial charge is 0.338 e. The summed E-state index contributed by atoms with van der Waals surface area (Å²) in [5.74, 6) is -1.31. The second-order valence-corrected chi connectivity index (χ2v) is 8.47. The summed E-state index contributed by atoms with van der Waals surface area (Å²) in [5, 5.41) is 0.128. The zero-order valence-electron chi connectivity index (χ0n) is 15.6. The lowest BCUT2D eigenvalue weighted by Gasteiger charge is -2.26. The maximum Gasteiger partial charge on any atom is 0.338 e. The van der Waals surface area contributed by atoms with Crippen molar-refractivity contribution in [2.24, 2.45) is 0 Å². The first-order valence-electron chi connectivity index (χ1n) is 8.70. The van der Waals surface area contributed by atoms with Crippen LogP contribution in [0.3, 0.4) is 0 Å². The molecule has 3 rings (SSSR count). The molecule has 0 unspecified atom stereocenters. The third-order valence-corrected chi connectivity index (χ3v) is 6.67. The zero-order valence-corrected chi connectivity index (χ0v) is 17.1. The van der Waals surface area contributed by atoms with Crippen molar-refractivity contribution in [3.63, 3.8) is 0 Å². The number of carbonyl (C=O) groups excluding carboxylic acids is 1. The van der Waals surface area contributed by atoms with Gasteiger partial charge in [0.2, 0.25) is 10.0 Å². The topological polar surface area (TPSA) is 82.1 Å². The molecule has 7 nitrogen and oxygen atoms in total. The van der Waals surface area contributed by atoms with E-state index in [9.17, 15) is 17.6 Å². The van der Waals surface area contributed by atoms with E-state index in [2.05, 4.69) is 0 Å². The van der Waals surface area contributed by atoms with Crippen molar-refractivity contribution in [1.29, 1.82) is 0 Å². The number of ether oxygens (including phenoxy) is 3. The summed E-state index contributed by atoms with van der Waals surface area (Å²) < 4.78 is 56.6. The number of hydrogen-bond donors (Lipinski definition) is 0. The number of morpholine rings is 1. The molecule has 0 amide bonds. The maximum absolute atomic E-state index is 13.8. The Morgan fingerprint density at radius 1 is 1.24 bits per heavy atom. The molecule has 1 heterocycles. The van der Waals surface area contributed by atoms with Crippen LogP contribution in [0, 0.1) is 5.82 Å². The molecule has 1 aliphatic heterocycles. The van der Waals surface area contributed by atoms with E-state index in [-0.39, 0.29) is 59.7 Å².